The first-order valence-corrected chi connectivity index (χ1v) is 8.55. The number of esters is 2. The van der Waals surface area contributed by atoms with Gasteiger partial charge in [0.05, 0.1) is 11.2 Å². The van der Waals surface area contributed by atoms with Crippen molar-refractivity contribution in [3.63, 3.8) is 0 Å². The molecule has 1 aliphatic heterocycles. The van der Waals surface area contributed by atoms with Crippen LogP contribution in [-0.2, 0) is 33.4 Å². The Kier molecular flexibility index (Phi) is 3.48. The first-order valence-electron chi connectivity index (χ1n) is 7.08. The second kappa shape index (κ2) is 4.95. The zero-order valence-corrected chi connectivity index (χ0v) is 12.7. The van der Waals surface area contributed by atoms with Crippen molar-refractivity contribution < 1.29 is 31.7 Å². The topological polar surface area (TPSA) is 96.0 Å². The van der Waals surface area contributed by atoms with E-state index in [4.69, 9.17) is 13.7 Å². The smallest absolute Gasteiger partial charge is 0.344 e. The molecule has 0 radical (unpaired) electrons. The first-order chi connectivity index (χ1) is 9.79. The van der Waals surface area contributed by atoms with E-state index < -0.39 is 46.1 Å². The second-order valence-corrected chi connectivity index (χ2v) is 7.99. The van der Waals surface area contributed by atoms with Gasteiger partial charge in [0.1, 0.15) is 12.2 Å². The van der Waals surface area contributed by atoms with Crippen molar-refractivity contribution >= 4 is 22.1 Å². The Morgan fingerprint density at radius 3 is 2.67 bits per heavy atom. The van der Waals surface area contributed by atoms with E-state index in [1.54, 1.807) is 13.8 Å². The minimum atomic E-state index is -3.51. The Hall–Kier alpha value is -1.15. The molecule has 0 aromatic carbocycles. The number of hydrogen-bond donors (Lipinski definition) is 0. The van der Waals surface area contributed by atoms with Crippen LogP contribution in [0.2, 0.25) is 0 Å². The molecule has 7 nitrogen and oxygen atoms in total. The zero-order valence-electron chi connectivity index (χ0n) is 11.9. The van der Waals surface area contributed by atoms with Gasteiger partial charge in [-0.05, 0) is 12.8 Å². The van der Waals surface area contributed by atoms with Crippen LogP contribution in [-0.4, -0.2) is 44.4 Å². The summed E-state index contributed by atoms with van der Waals surface area (Å²) in [7, 11) is -3.51. The molecule has 0 amide bonds. The fourth-order valence-electron chi connectivity index (χ4n) is 3.53. The molecule has 3 fully saturated rings. The molecule has 3 rings (SSSR count). The lowest BCUT2D eigenvalue weighted by Gasteiger charge is -2.24. The quantitative estimate of drug-likeness (QED) is 0.541. The third kappa shape index (κ3) is 2.44. The molecule has 2 bridgehead atoms. The third-order valence-electron chi connectivity index (χ3n) is 4.49. The molecule has 0 N–H and O–H groups in total. The van der Waals surface area contributed by atoms with Crippen molar-refractivity contribution in [2.24, 2.45) is 17.8 Å². The third-order valence-corrected chi connectivity index (χ3v) is 6.26. The van der Waals surface area contributed by atoms with E-state index in [2.05, 4.69) is 0 Å². The van der Waals surface area contributed by atoms with Gasteiger partial charge >= 0.3 is 11.9 Å². The molecule has 3 aliphatic rings. The summed E-state index contributed by atoms with van der Waals surface area (Å²) in [5.74, 6) is -1.50. The molecule has 1 heterocycles. The summed E-state index contributed by atoms with van der Waals surface area (Å²) in [6.45, 7) is 2.88. The molecule has 21 heavy (non-hydrogen) atoms. The van der Waals surface area contributed by atoms with Crippen LogP contribution in [0.25, 0.3) is 0 Å². The summed E-state index contributed by atoms with van der Waals surface area (Å²) in [5.41, 5.74) is 0. The first kappa shape index (κ1) is 14.8. The maximum atomic E-state index is 11.8. The lowest BCUT2D eigenvalue weighted by Crippen LogP contribution is -2.38. The molecule has 0 spiro atoms. The Morgan fingerprint density at radius 2 is 2.00 bits per heavy atom. The molecule has 5 unspecified atom stereocenters. The Morgan fingerprint density at radius 1 is 1.29 bits per heavy atom. The molecule has 2 saturated carbocycles. The van der Waals surface area contributed by atoms with E-state index in [-0.39, 0.29) is 17.8 Å². The fraction of sp³-hybridized carbons (Fsp3) is 0.846. The van der Waals surface area contributed by atoms with Gasteiger partial charge in [-0.1, -0.05) is 13.8 Å². The van der Waals surface area contributed by atoms with Crippen molar-refractivity contribution in [1.29, 1.82) is 0 Å². The van der Waals surface area contributed by atoms with Crippen LogP contribution in [0.3, 0.4) is 0 Å². The maximum absolute atomic E-state index is 11.8. The van der Waals surface area contributed by atoms with Gasteiger partial charge in [0, 0.05) is 11.8 Å². The minimum Gasteiger partial charge on any atom is -0.457 e. The highest BCUT2D eigenvalue weighted by Crippen LogP contribution is 2.55. The fourth-order valence-corrected chi connectivity index (χ4v) is 5.41. The Balaban J connectivity index is 1.58. The lowest BCUT2D eigenvalue weighted by atomic mass is 9.94. The van der Waals surface area contributed by atoms with Gasteiger partial charge < -0.3 is 9.47 Å². The SMILES string of the molecule is CC(C)C(=O)OCC(=O)OC1C2CC3C1OS(=O)(=O)C3C2. The van der Waals surface area contributed by atoms with Crippen molar-refractivity contribution in [2.75, 3.05) is 6.61 Å². The van der Waals surface area contributed by atoms with Crippen LogP contribution in [0.1, 0.15) is 26.7 Å². The normalized spacial score (nSPS) is 38.7. The number of fused-ring (bicyclic) bond motifs is 1. The van der Waals surface area contributed by atoms with Crippen LogP contribution >= 0.6 is 0 Å². The van der Waals surface area contributed by atoms with Gasteiger partial charge in [-0.2, -0.15) is 8.42 Å². The van der Waals surface area contributed by atoms with Gasteiger partial charge in [-0.15, -0.1) is 0 Å². The van der Waals surface area contributed by atoms with Crippen molar-refractivity contribution in [3.8, 4) is 0 Å². The summed E-state index contributed by atoms with van der Waals surface area (Å²) >= 11 is 0. The number of rotatable bonds is 4. The van der Waals surface area contributed by atoms with Gasteiger partial charge in [0.15, 0.2) is 6.61 Å². The van der Waals surface area contributed by atoms with Gasteiger partial charge in [-0.25, -0.2) is 4.79 Å². The molecule has 118 valence electrons. The average Bonchev–Trinajstić information content (AvgIpc) is 2.99. The number of ether oxygens (including phenoxy) is 2. The second-order valence-electron chi connectivity index (χ2n) is 6.20. The summed E-state index contributed by atoms with van der Waals surface area (Å²) in [6, 6.07) is 0. The number of carbonyl (C=O) groups is 2. The van der Waals surface area contributed by atoms with E-state index in [1.807, 2.05) is 0 Å². The van der Waals surface area contributed by atoms with Crippen molar-refractivity contribution in [3.05, 3.63) is 0 Å². The van der Waals surface area contributed by atoms with Crippen LogP contribution < -0.4 is 0 Å². The zero-order chi connectivity index (χ0) is 15.4. The van der Waals surface area contributed by atoms with E-state index in [0.29, 0.717) is 12.8 Å². The maximum Gasteiger partial charge on any atom is 0.344 e. The van der Waals surface area contributed by atoms with E-state index in [1.165, 1.54) is 0 Å². The van der Waals surface area contributed by atoms with Crippen LogP contribution in [0, 0.1) is 17.8 Å². The van der Waals surface area contributed by atoms with Crippen LogP contribution in [0.5, 0.6) is 0 Å². The Bertz CT molecular complexity index is 567. The number of carbonyl (C=O) groups excluding carboxylic acids is 2. The highest BCUT2D eigenvalue weighted by molar-refractivity contribution is 7.87. The molecular formula is C13H18O7S. The van der Waals surface area contributed by atoms with Crippen molar-refractivity contribution in [2.45, 2.75) is 44.1 Å². The van der Waals surface area contributed by atoms with E-state index in [0.717, 1.165) is 0 Å². The minimum absolute atomic E-state index is 0.0204. The summed E-state index contributed by atoms with van der Waals surface area (Å²) in [4.78, 5) is 23.0. The molecule has 8 heteroatoms. The monoisotopic (exact) mass is 318 g/mol. The largest absolute Gasteiger partial charge is 0.457 e. The highest BCUT2D eigenvalue weighted by Gasteiger charge is 2.65. The molecule has 0 aromatic heterocycles. The molecular weight excluding hydrogens is 300 g/mol. The number of hydrogen-bond acceptors (Lipinski definition) is 7. The highest BCUT2D eigenvalue weighted by atomic mass is 32.2. The van der Waals surface area contributed by atoms with Crippen molar-refractivity contribution in [1.82, 2.24) is 0 Å². The molecule has 5 atom stereocenters. The lowest BCUT2D eigenvalue weighted by molar-refractivity contribution is -0.168. The summed E-state index contributed by atoms with van der Waals surface area (Å²) in [5, 5.41) is -0.443. The summed E-state index contributed by atoms with van der Waals surface area (Å²) in [6.07, 6.45) is 0.0724. The predicted octanol–water partition coefficient (Wildman–Crippen LogP) is 0.234. The standard InChI is InChI=1S/C13H18O7S/c1-6(2)13(15)18-5-10(14)19-11-7-3-8-9(4-7)21(16,17)20-12(8)11/h6-9,11-12H,3-5H2,1-2H3. The Labute approximate surface area is 123 Å². The average molecular weight is 318 g/mol. The van der Waals surface area contributed by atoms with Gasteiger partial charge in [0.25, 0.3) is 10.1 Å². The summed E-state index contributed by atoms with van der Waals surface area (Å²) < 4.78 is 38.7. The van der Waals surface area contributed by atoms with E-state index >= 15 is 0 Å². The van der Waals surface area contributed by atoms with Gasteiger partial charge in [-0.3, -0.25) is 8.98 Å². The van der Waals surface area contributed by atoms with E-state index in [9.17, 15) is 18.0 Å². The molecule has 1 saturated heterocycles. The predicted molar refractivity (Wildman–Crippen MR) is 69.5 cm³/mol. The molecule has 2 aliphatic carbocycles. The van der Waals surface area contributed by atoms with Crippen LogP contribution in [0.15, 0.2) is 0 Å². The molecule has 0 aromatic rings. The van der Waals surface area contributed by atoms with Gasteiger partial charge in [0.2, 0.25) is 0 Å². The van der Waals surface area contributed by atoms with Crippen LogP contribution in [0.4, 0.5) is 0 Å².